The number of hydrogen-bond donors (Lipinski definition) is 1. The van der Waals surface area contributed by atoms with Gasteiger partial charge in [-0.1, -0.05) is 48.5 Å². The van der Waals surface area contributed by atoms with Gasteiger partial charge in [0, 0.05) is 0 Å². The zero-order valence-corrected chi connectivity index (χ0v) is 12.9. The highest BCUT2D eigenvalue weighted by molar-refractivity contribution is 6.38. The van der Waals surface area contributed by atoms with E-state index >= 15 is 0 Å². The van der Waals surface area contributed by atoms with Crippen LogP contribution in [0.1, 0.15) is 18.9 Å². The number of rotatable bonds is 7. The van der Waals surface area contributed by atoms with Crippen LogP contribution in [0.25, 0.3) is 0 Å². The van der Waals surface area contributed by atoms with E-state index in [0.29, 0.717) is 5.71 Å². The molecule has 0 aliphatic heterocycles. The number of para-hydroxylation sites is 1. The van der Waals surface area contributed by atoms with Crippen LogP contribution in [0.3, 0.4) is 0 Å². The first-order chi connectivity index (χ1) is 11.2. The Hall–Kier alpha value is -2.95. The number of hydrogen-bond acceptors (Lipinski definition) is 5. The maximum atomic E-state index is 11.9. The maximum Gasteiger partial charge on any atom is 0.375 e. The van der Waals surface area contributed by atoms with Crippen LogP contribution in [0, 0.1) is 0 Å². The fourth-order valence-electron chi connectivity index (χ4n) is 1.92. The van der Waals surface area contributed by atoms with Crippen LogP contribution in [0.4, 0.5) is 5.69 Å². The summed E-state index contributed by atoms with van der Waals surface area (Å²) in [6.07, 6.45) is -0.122. The molecule has 0 saturated carbocycles. The number of carbonyl (C=O) groups is 2. The van der Waals surface area contributed by atoms with Gasteiger partial charge in [0.1, 0.15) is 0 Å². The zero-order chi connectivity index (χ0) is 16.5. The summed E-state index contributed by atoms with van der Waals surface area (Å²) in [5.41, 5.74) is 4.95. The molecule has 0 fully saturated rings. The molecule has 0 saturated heterocycles. The first-order valence-electron chi connectivity index (χ1n) is 7.33. The highest BCUT2D eigenvalue weighted by Crippen LogP contribution is 2.09. The Balaban J connectivity index is 2.19. The smallest absolute Gasteiger partial charge is 0.375 e. The van der Waals surface area contributed by atoms with E-state index < -0.39 is 11.8 Å². The van der Waals surface area contributed by atoms with Gasteiger partial charge in [0.05, 0.1) is 24.4 Å². The second kappa shape index (κ2) is 8.48. The molecule has 0 aliphatic carbocycles. The average molecular weight is 310 g/mol. The molecule has 5 nitrogen and oxygen atoms in total. The highest BCUT2D eigenvalue weighted by Gasteiger charge is 2.18. The molecule has 2 rings (SSSR count). The van der Waals surface area contributed by atoms with Crippen LogP contribution < -0.4 is 5.43 Å². The van der Waals surface area contributed by atoms with Crippen LogP contribution in [0.2, 0.25) is 0 Å². The molecule has 1 N–H and O–H groups in total. The first kappa shape index (κ1) is 16.4. The fourth-order valence-corrected chi connectivity index (χ4v) is 1.92. The molecule has 118 valence electrons. The van der Waals surface area contributed by atoms with Gasteiger partial charge in [0.25, 0.3) is 0 Å². The van der Waals surface area contributed by atoms with Gasteiger partial charge in [-0.25, -0.2) is 4.79 Å². The van der Waals surface area contributed by atoms with Gasteiger partial charge >= 0.3 is 5.97 Å². The molecule has 0 spiro atoms. The molecule has 0 amide bonds. The minimum atomic E-state index is -0.837. The number of esters is 1. The van der Waals surface area contributed by atoms with Gasteiger partial charge in [-0.15, -0.1) is 0 Å². The van der Waals surface area contributed by atoms with Gasteiger partial charge in [-0.2, -0.15) is 5.10 Å². The summed E-state index contributed by atoms with van der Waals surface area (Å²) >= 11 is 0. The summed E-state index contributed by atoms with van der Waals surface area (Å²) < 4.78 is 4.74. The molecule has 0 atom stereocenters. The van der Waals surface area contributed by atoms with Gasteiger partial charge in [-0.3, -0.25) is 10.2 Å². The van der Waals surface area contributed by atoms with E-state index in [-0.39, 0.29) is 13.0 Å². The fraction of sp³-hybridized carbons (Fsp3) is 0.167. The Kier molecular flexibility index (Phi) is 6.06. The molecule has 0 aromatic heterocycles. The number of benzene rings is 2. The van der Waals surface area contributed by atoms with E-state index in [1.54, 1.807) is 6.92 Å². The summed E-state index contributed by atoms with van der Waals surface area (Å²) in [5.74, 6) is -1.46. The second-order valence-electron chi connectivity index (χ2n) is 4.72. The standard InChI is InChI=1S/C18H18N2O3/c1-2-23-18(22)17(21)13-16(14-9-5-3-6-10-14)20-19-15-11-7-4-8-12-15/h3-12,19H,2,13H2,1H3/b20-16-. The van der Waals surface area contributed by atoms with Crippen molar-refractivity contribution in [3.05, 3.63) is 66.2 Å². The number of Topliss-reactive ketones (excluding diaryl/α,β-unsaturated/α-hetero) is 1. The SMILES string of the molecule is CCOC(=O)C(=O)C/C(=N/Nc1ccccc1)c1ccccc1. The Morgan fingerprint density at radius 1 is 1.00 bits per heavy atom. The van der Waals surface area contributed by atoms with Crippen molar-refractivity contribution in [2.24, 2.45) is 5.10 Å². The Bertz CT molecular complexity index is 682. The van der Waals surface area contributed by atoms with Crippen molar-refractivity contribution in [1.82, 2.24) is 0 Å². The van der Waals surface area contributed by atoms with Gasteiger partial charge in [0.2, 0.25) is 5.78 Å². The molecule has 0 radical (unpaired) electrons. The Morgan fingerprint density at radius 3 is 2.22 bits per heavy atom. The van der Waals surface area contributed by atoms with Crippen molar-refractivity contribution in [2.75, 3.05) is 12.0 Å². The van der Waals surface area contributed by atoms with Crippen molar-refractivity contribution in [2.45, 2.75) is 13.3 Å². The van der Waals surface area contributed by atoms with Crippen molar-refractivity contribution in [3.8, 4) is 0 Å². The molecule has 0 heterocycles. The lowest BCUT2D eigenvalue weighted by atomic mass is 10.1. The quantitative estimate of drug-likeness (QED) is 0.369. The van der Waals surface area contributed by atoms with Gasteiger partial charge in [-0.05, 0) is 24.6 Å². The summed E-state index contributed by atoms with van der Waals surface area (Å²) in [5, 5.41) is 4.28. The van der Waals surface area contributed by atoms with Crippen LogP contribution in [-0.4, -0.2) is 24.1 Å². The van der Waals surface area contributed by atoms with Crippen molar-refractivity contribution in [3.63, 3.8) is 0 Å². The van der Waals surface area contributed by atoms with Crippen LogP contribution in [0.5, 0.6) is 0 Å². The summed E-state index contributed by atoms with van der Waals surface area (Å²) in [4.78, 5) is 23.5. The van der Waals surface area contributed by atoms with Crippen molar-refractivity contribution < 1.29 is 14.3 Å². The number of ether oxygens (including phenoxy) is 1. The third-order valence-corrected chi connectivity index (χ3v) is 3.03. The zero-order valence-electron chi connectivity index (χ0n) is 12.9. The number of hydrazone groups is 1. The van der Waals surface area contributed by atoms with E-state index in [0.717, 1.165) is 11.3 Å². The summed E-state index contributed by atoms with van der Waals surface area (Å²) in [6.45, 7) is 1.83. The number of carbonyl (C=O) groups excluding carboxylic acids is 2. The van der Waals surface area contributed by atoms with Gasteiger partial charge < -0.3 is 4.74 Å². The lowest BCUT2D eigenvalue weighted by Gasteiger charge is -2.07. The highest BCUT2D eigenvalue weighted by atomic mass is 16.5. The summed E-state index contributed by atoms with van der Waals surface area (Å²) in [6, 6.07) is 18.6. The van der Waals surface area contributed by atoms with Crippen molar-refractivity contribution in [1.29, 1.82) is 0 Å². The van der Waals surface area contributed by atoms with E-state index in [2.05, 4.69) is 10.5 Å². The van der Waals surface area contributed by atoms with E-state index in [1.807, 2.05) is 60.7 Å². The molecule has 23 heavy (non-hydrogen) atoms. The lowest BCUT2D eigenvalue weighted by molar-refractivity contribution is -0.152. The molecular formula is C18H18N2O3. The molecule has 0 unspecified atom stereocenters. The Morgan fingerprint density at radius 2 is 1.61 bits per heavy atom. The Labute approximate surface area is 135 Å². The van der Waals surface area contributed by atoms with E-state index in [4.69, 9.17) is 4.74 Å². The molecular weight excluding hydrogens is 292 g/mol. The number of ketones is 1. The summed E-state index contributed by atoms with van der Waals surface area (Å²) in [7, 11) is 0. The minimum Gasteiger partial charge on any atom is -0.460 e. The van der Waals surface area contributed by atoms with E-state index in [1.165, 1.54) is 0 Å². The van der Waals surface area contributed by atoms with Gasteiger partial charge in [0.15, 0.2) is 0 Å². The second-order valence-corrected chi connectivity index (χ2v) is 4.72. The minimum absolute atomic E-state index is 0.122. The number of nitrogens with zero attached hydrogens (tertiary/aromatic N) is 1. The van der Waals surface area contributed by atoms with Crippen LogP contribution in [0.15, 0.2) is 65.8 Å². The topological polar surface area (TPSA) is 67.8 Å². The molecule has 0 aliphatic rings. The average Bonchev–Trinajstić information content (AvgIpc) is 2.60. The number of anilines is 1. The lowest BCUT2D eigenvalue weighted by Crippen LogP contribution is -2.21. The normalized spacial score (nSPS) is 10.9. The predicted octanol–water partition coefficient (Wildman–Crippen LogP) is 3.03. The maximum absolute atomic E-state index is 11.9. The third-order valence-electron chi connectivity index (χ3n) is 3.03. The molecule has 2 aromatic carbocycles. The van der Waals surface area contributed by atoms with E-state index in [9.17, 15) is 9.59 Å². The molecule has 5 heteroatoms. The third kappa shape index (κ3) is 5.07. The van der Waals surface area contributed by atoms with Crippen molar-refractivity contribution >= 4 is 23.2 Å². The largest absolute Gasteiger partial charge is 0.460 e. The van der Waals surface area contributed by atoms with Crippen LogP contribution >= 0.6 is 0 Å². The molecule has 0 bridgehead atoms. The molecule has 2 aromatic rings. The first-order valence-corrected chi connectivity index (χ1v) is 7.33. The van der Waals surface area contributed by atoms with Crippen LogP contribution in [-0.2, 0) is 14.3 Å². The monoisotopic (exact) mass is 310 g/mol. The number of nitrogens with one attached hydrogen (secondary N) is 1. The predicted molar refractivity (Wildman–Crippen MR) is 89.3 cm³/mol.